The van der Waals surface area contributed by atoms with Crippen molar-refractivity contribution in [3.63, 3.8) is 0 Å². The number of para-hydroxylation sites is 1. The molecule has 0 saturated heterocycles. The summed E-state index contributed by atoms with van der Waals surface area (Å²) in [5.41, 5.74) is 1.19. The molecule has 1 atom stereocenters. The van der Waals surface area contributed by atoms with Crippen molar-refractivity contribution in [3.05, 3.63) is 66.2 Å². The normalized spacial score (nSPS) is 13.7. The summed E-state index contributed by atoms with van der Waals surface area (Å²) in [7, 11) is -3.22. The van der Waals surface area contributed by atoms with Crippen LogP contribution in [0.15, 0.2) is 60.7 Å². The highest BCUT2D eigenvalue weighted by Gasteiger charge is 2.18. The number of rotatable bonds is 7. The van der Waals surface area contributed by atoms with Crippen LogP contribution in [0, 0.1) is 0 Å². The van der Waals surface area contributed by atoms with Crippen LogP contribution in [0.25, 0.3) is 0 Å². The highest BCUT2D eigenvalue weighted by Crippen LogP contribution is 2.41. The second kappa shape index (κ2) is 7.28. The summed E-state index contributed by atoms with van der Waals surface area (Å²) in [4.78, 5) is 9.88. The van der Waals surface area contributed by atoms with Crippen molar-refractivity contribution in [1.82, 2.24) is 0 Å². The zero-order valence-corrected chi connectivity index (χ0v) is 12.2. The van der Waals surface area contributed by atoms with Gasteiger partial charge in [0.15, 0.2) is 6.35 Å². The Bertz CT molecular complexity index is 554. The highest BCUT2D eigenvalue weighted by molar-refractivity contribution is 7.57. The number of hydrogen-bond donors (Lipinski definition) is 1. The third-order valence-electron chi connectivity index (χ3n) is 2.99. The summed E-state index contributed by atoms with van der Waals surface area (Å²) in [6.45, 7) is 0. The van der Waals surface area contributed by atoms with E-state index >= 15 is 0 Å². The van der Waals surface area contributed by atoms with Crippen LogP contribution in [-0.2, 0) is 11.0 Å². The van der Waals surface area contributed by atoms with E-state index in [-0.39, 0.29) is 12.5 Å². The molecule has 3 nitrogen and oxygen atoms in total. The molecule has 0 amide bonds. The van der Waals surface area contributed by atoms with Gasteiger partial charge in [-0.05, 0) is 30.5 Å². The Hall–Kier alpha value is -1.57. The average Bonchev–Trinajstić information content (AvgIpc) is 2.47. The first-order valence-corrected chi connectivity index (χ1v) is 8.71. The summed E-state index contributed by atoms with van der Waals surface area (Å²) in [5.74, 6) is 0.629. The molecule has 1 unspecified atom stereocenters. The lowest BCUT2D eigenvalue weighted by molar-refractivity contribution is 0.349. The Kier molecular flexibility index (Phi) is 5.40. The quantitative estimate of drug-likeness (QED) is 0.786. The molecular formula is C16H19O3P. The zero-order chi connectivity index (χ0) is 14.3. The summed E-state index contributed by atoms with van der Waals surface area (Å²) in [6.07, 6.45) is 1.67. The summed E-state index contributed by atoms with van der Waals surface area (Å²) < 4.78 is 17.4. The topological polar surface area (TPSA) is 46.5 Å². The minimum atomic E-state index is -3.22. The van der Waals surface area contributed by atoms with Crippen molar-refractivity contribution in [2.45, 2.75) is 12.8 Å². The van der Waals surface area contributed by atoms with Crippen LogP contribution in [0.4, 0.5) is 0 Å². The van der Waals surface area contributed by atoms with E-state index in [0.29, 0.717) is 12.2 Å². The van der Waals surface area contributed by atoms with E-state index in [4.69, 9.17) is 4.74 Å². The molecule has 0 heterocycles. The van der Waals surface area contributed by atoms with Gasteiger partial charge in [0.1, 0.15) is 5.75 Å². The van der Waals surface area contributed by atoms with Gasteiger partial charge in [-0.1, -0.05) is 48.5 Å². The summed E-state index contributed by atoms with van der Waals surface area (Å²) in [6, 6.07) is 19.1. The number of aryl methyl sites for hydroxylation is 1. The second-order valence-corrected chi connectivity index (χ2v) is 7.14. The molecule has 106 valence electrons. The van der Waals surface area contributed by atoms with Crippen molar-refractivity contribution in [2.24, 2.45) is 0 Å². The van der Waals surface area contributed by atoms with Gasteiger partial charge in [-0.3, -0.25) is 4.57 Å². The van der Waals surface area contributed by atoms with Crippen LogP contribution in [0.1, 0.15) is 12.0 Å². The van der Waals surface area contributed by atoms with Crippen LogP contribution < -0.4 is 4.74 Å². The molecule has 1 N–H and O–H groups in total. The minimum absolute atomic E-state index is 0.119. The fourth-order valence-corrected chi connectivity index (χ4v) is 3.06. The van der Waals surface area contributed by atoms with Gasteiger partial charge in [0.25, 0.3) is 0 Å². The van der Waals surface area contributed by atoms with Gasteiger partial charge in [0, 0.05) is 6.16 Å². The van der Waals surface area contributed by atoms with E-state index < -0.39 is 7.37 Å². The molecule has 2 aromatic carbocycles. The zero-order valence-electron chi connectivity index (χ0n) is 11.3. The summed E-state index contributed by atoms with van der Waals surface area (Å²) in [5, 5.41) is 0. The maximum absolute atomic E-state index is 12.0. The Morgan fingerprint density at radius 3 is 2.20 bits per heavy atom. The lowest BCUT2D eigenvalue weighted by Crippen LogP contribution is -2.03. The SMILES string of the molecule is O=P(O)(CCCc1ccccc1)COc1ccccc1. The van der Waals surface area contributed by atoms with Crippen molar-refractivity contribution in [3.8, 4) is 5.75 Å². The van der Waals surface area contributed by atoms with E-state index in [1.54, 1.807) is 12.1 Å². The number of ether oxygens (including phenoxy) is 1. The molecule has 20 heavy (non-hydrogen) atoms. The predicted octanol–water partition coefficient (Wildman–Crippen LogP) is 3.93. The van der Waals surface area contributed by atoms with Crippen molar-refractivity contribution >= 4 is 7.37 Å². The first-order chi connectivity index (χ1) is 9.66. The molecule has 0 aliphatic heterocycles. The van der Waals surface area contributed by atoms with Gasteiger partial charge in [-0.2, -0.15) is 0 Å². The van der Waals surface area contributed by atoms with E-state index in [9.17, 15) is 9.46 Å². The maximum atomic E-state index is 12.0. The Balaban J connectivity index is 1.75. The standard InChI is InChI=1S/C16H19O3P/c17-20(18,14-19-16-11-5-2-6-12-16)13-7-10-15-8-3-1-4-9-15/h1-6,8-9,11-12H,7,10,13-14H2,(H,17,18). The molecule has 0 saturated carbocycles. The number of hydrogen-bond acceptors (Lipinski definition) is 2. The predicted molar refractivity (Wildman–Crippen MR) is 81.4 cm³/mol. The lowest BCUT2D eigenvalue weighted by atomic mass is 10.1. The Morgan fingerprint density at radius 2 is 1.55 bits per heavy atom. The Labute approximate surface area is 119 Å². The van der Waals surface area contributed by atoms with Crippen molar-refractivity contribution in [1.29, 1.82) is 0 Å². The van der Waals surface area contributed by atoms with E-state index in [1.807, 2.05) is 48.5 Å². The van der Waals surface area contributed by atoms with Crippen molar-refractivity contribution in [2.75, 3.05) is 12.5 Å². The maximum Gasteiger partial charge on any atom is 0.236 e. The van der Waals surface area contributed by atoms with E-state index in [2.05, 4.69) is 0 Å². The van der Waals surface area contributed by atoms with Crippen LogP contribution >= 0.6 is 7.37 Å². The van der Waals surface area contributed by atoms with Gasteiger partial charge in [-0.15, -0.1) is 0 Å². The fraction of sp³-hybridized carbons (Fsp3) is 0.250. The molecule has 0 spiro atoms. The second-order valence-electron chi connectivity index (χ2n) is 4.75. The van der Waals surface area contributed by atoms with Crippen molar-refractivity contribution < 1.29 is 14.2 Å². The molecule has 2 aromatic rings. The third-order valence-corrected chi connectivity index (χ3v) is 4.54. The largest absolute Gasteiger partial charge is 0.484 e. The molecule has 0 bridgehead atoms. The van der Waals surface area contributed by atoms with Crippen LogP contribution in [0.3, 0.4) is 0 Å². The minimum Gasteiger partial charge on any atom is -0.484 e. The molecule has 0 aliphatic rings. The van der Waals surface area contributed by atoms with Crippen LogP contribution in [-0.4, -0.2) is 17.4 Å². The third kappa shape index (κ3) is 5.20. The number of benzene rings is 2. The van der Waals surface area contributed by atoms with Crippen LogP contribution in [0.2, 0.25) is 0 Å². The fourth-order valence-electron chi connectivity index (χ4n) is 1.93. The van der Waals surface area contributed by atoms with Gasteiger partial charge in [0.05, 0.1) is 0 Å². The molecular weight excluding hydrogens is 271 g/mol. The lowest BCUT2D eigenvalue weighted by Gasteiger charge is -2.13. The Morgan fingerprint density at radius 1 is 0.950 bits per heavy atom. The van der Waals surface area contributed by atoms with Gasteiger partial charge in [0.2, 0.25) is 7.37 Å². The van der Waals surface area contributed by atoms with Gasteiger partial charge in [-0.25, -0.2) is 0 Å². The molecule has 4 heteroatoms. The van der Waals surface area contributed by atoms with E-state index in [0.717, 1.165) is 6.42 Å². The molecule has 0 radical (unpaired) electrons. The highest BCUT2D eigenvalue weighted by atomic mass is 31.2. The molecule has 2 rings (SSSR count). The smallest absolute Gasteiger partial charge is 0.236 e. The monoisotopic (exact) mass is 290 g/mol. The van der Waals surface area contributed by atoms with Gasteiger partial charge >= 0.3 is 0 Å². The molecule has 0 fully saturated rings. The molecule has 0 aromatic heterocycles. The van der Waals surface area contributed by atoms with E-state index in [1.165, 1.54) is 5.56 Å². The average molecular weight is 290 g/mol. The first kappa shape index (κ1) is 14.8. The summed E-state index contributed by atoms with van der Waals surface area (Å²) >= 11 is 0. The first-order valence-electron chi connectivity index (χ1n) is 6.68. The van der Waals surface area contributed by atoms with Crippen LogP contribution in [0.5, 0.6) is 5.75 Å². The molecule has 0 aliphatic carbocycles. The van der Waals surface area contributed by atoms with Gasteiger partial charge < -0.3 is 9.63 Å².